The van der Waals surface area contributed by atoms with Crippen LogP contribution in [0.3, 0.4) is 0 Å². The summed E-state index contributed by atoms with van der Waals surface area (Å²) in [6.45, 7) is 5.54. The van der Waals surface area contributed by atoms with Crippen LogP contribution < -0.4 is 10.2 Å². The van der Waals surface area contributed by atoms with Crippen LogP contribution in [0.15, 0.2) is 12.4 Å². The van der Waals surface area contributed by atoms with Gasteiger partial charge in [0.25, 0.3) is 0 Å². The highest BCUT2D eigenvalue weighted by Gasteiger charge is 2.24. The molecule has 0 saturated carbocycles. The van der Waals surface area contributed by atoms with Crippen LogP contribution in [0.5, 0.6) is 0 Å². The molecule has 4 nitrogen and oxygen atoms in total. The molecule has 4 heteroatoms. The van der Waals surface area contributed by atoms with Gasteiger partial charge in [-0.05, 0) is 19.4 Å². The number of anilines is 1. The van der Waals surface area contributed by atoms with Crippen LogP contribution in [0.25, 0.3) is 0 Å². The lowest BCUT2D eigenvalue weighted by Gasteiger charge is -2.29. The molecule has 1 aromatic rings. The molecule has 0 radical (unpaired) electrons. The molecule has 0 spiro atoms. The molecule has 1 fully saturated rings. The van der Waals surface area contributed by atoms with Gasteiger partial charge in [-0.2, -0.15) is 0 Å². The third-order valence-corrected chi connectivity index (χ3v) is 2.99. The van der Waals surface area contributed by atoms with Crippen molar-refractivity contribution in [3.05, 3.63) is 12.4 Å². The van der Waals surface area contributed by atoms with Crippen LogP contribution in [-0.2, 0) is 7.05 Å². The second kappa shape index (κ2) is 4.66. The van der Waals surface area contributed by atoms with Gasteiger partial charge in [0.05, 0.1) is 0 Å². The molecular weight excluding hydrogens is 188 g/mol. The SMILES string of the molecule is CCCN(c1nccn1C)C1CCNC1. The average molecular weight is 208 g/mol. The van der Waals surface area contributed by atoms with Crippen molar-refractivity contribution >= 4 is 5.95 Å². The van der Waals surface area contributed by atoms with Gasteiger partial charge in [-0.25, -0.2) is 4.98 Å². The Labute approximate surface area is 91.3 Å². The van der Waals surface area contributed by atoms with Crippen LogP contribution in [0, 0.1) is 0 Å². The van der Waals surface area contributed by atoms with Crippen molar-refractivity contribution in [2.45, 2.75) is 25.8 Å². The van der Waals surface area contributed by atoms with Crippen molar-refractivity contribution in [3.63, 3.8) is 0 Å². The summed E-state index contributed by atoms with van der Waals surface area (Å²) in [6, 6.07) is 0.617. The molecule has 0 amide bonds. The van der Waals surface area contributed by atoms with E-state index in [1.54, 1.807) is 0 Å². The van der Waals surface area contributed by atoms with Gasteiger partial charge in [-0.15, -0.1) is 0 Å². The Bertz CT molecular complexity index is 301. The smallest absolute Gasteiger partial charge is 0.205 e. The Morgan fingerprint density at radius 1 is 1.67 bits per heavy atom. The Kier molecular flexibility index (Phi) is 3.26. The van der Waals surface area contributed by atoms with Crippen LogP contribution in [0.2, 0.25) is 0 Å². The minimum absolute atomic E-state index is 0.617. The number of nitrogens with one attached hydrogen (secondary N) is 1. The third kappa shape index (κ3) is 2.15. The zero-order chi connectivity index (χ0) is 10.7. The maximum Gasteiger partial charge on any atom is 0.205 e. The molecule has 0 aromatic carbocycles. The maximum atomic E-state index is 4.44. The maximum absolute atomic E-state index is 4.44. The lowest BCUT2D eigenvalue weighted by Crippen LogP contribution is -2.39. The summed E-state index contributed by atoms with van der Waals surface area (Å²) in [7, 11) is 2.06. The highest BCUT2D eigenvalue weighted by atomic mass is 15.3. The monoisotopic (exact) mass is 208 g/mol. The van der Waals surface area contributed by atoms with Crippen molar-refractivity contribution < 1.29 is 0 Å². The lowest BCUT2D eigenvalue weighted by molar-refractivity contribution is 0.599. The van der Waals surface area contributed by atoms with Gasteiger partial charge >= 0.3 is 0 Å². The molecule has 1 aromatic heterocycles. The van der Waals surface area contributed by atoms with E-state index in [9.17, 15) is 0 Å². The van der Waals surface area contributed by atoms with E-state index in [4.69, 9.17) is 0 Å². The van der Waals surface area contributed by atoms with Gasteiger partial charge in [0.1, 0.15) is 0 Å². The molecule has 1 unspecified atom stereocenters. The predicted octanol–water partition coefficient (Wildman–Crippen LogP) is 0.998. The van der Waals surface area contributed by atoms with E-state index in [1.165, 1.54) is 12.8 Å². The first-order valence-corrected chi connectivity index (χ1v) is 5.77. The van der Waals surface area contributed by atoms with Crippen molar-refractivity contribution in [3.8, 4) is 0 Å². The standard InChI is InChI=1S/C11H20N4/c1-3-7-15(10-4-5-12-9-10)11-13-6-8-14(11)2/h6,8,10,12H,3-5,7,9H2,1-2H3. The summed E-state index contributed by atoms with van der Waals surface area (Å²) >= 11 is 0. The van der Waals surface area contributed by atoms with E-state index in [1.807, 2.05) is 12.4 Å². The predicted molar refractivity (Wildman–Crippen MR) is 62.1 cm³/mol. The summed E-state index contributed by atoms with van der Waals surface area (Å²) < 4.78 is 2.11. The molecular formula is C11H20N4. The van der Waals surface area contributed by atoms with Crippen molar-refractivity contribution in [2.24, 2.45) is 7.05 Å². The highest BCUT2D eigenvalue weighted by molar-refractivity contribution is 5.33. The molecule has 84 valence electrons. The van der Waals surface area contributed by atoms with E-state index in [2.05, 4.69) is 33.7 Å². The Morgan fingerprint density at radius 2 is 2.53 bits per heavy atom. The number of nitrogens with zero attached hydrogens (tertiary/aromatic N) is 3. The normalized spacial score (nSPS) is 20.8. The Hall–Kier alpha value is -1.03. The van der Waals surface area contributed by atoms with Crippen molar-refractivity contribution in [1.29, 1.82) is 0 Å². The fraction of sp³-hybridized carbons (Fsp3) is 0.727. The molecule has 1 aliphatic heterocycles. The Balaban J connectivity index is 2.15. The molecule has 0 bridgehead atoms. The van der Waals surface area contributed by atoms with Crippen molar-refractivity contribution in [2.75, 3.05) is 24.5 Å². The zero-order valence-electron chi connectivity index (χ0n) is 9.61. The second-order valence-corrected chi connectivity index (χ2v) is 4.18. The van der Waals surface area contributed by atoms with Crippen molar-refractivity contribution in [1.82, 2.24) is 14.9 Å². The number of rotatable bonds is 4. The summed E-state index contributed by atoms with van der Waals surface area (Å²) in [6.07, 6.45) is 6.29. The number of aromatic nitrogens is 2. The van der Waals surface area contributed by atoms with Gasteiger partial charge in [0.2, 0.25) is 5.95 Å². The number of aryl methyl sites for hydroxylation is 1. The topological polar surface area (TPSA) is 33.1 Å². The van der Waals surface area contributed by atoms with Crippen LogP contribution >= 0.6 is 0 Å². The van der Waals surface area contributed by atoms with Gasteiger partial charge < -0.3 is 14.8 Å². The van der Waals surface area contributed by atoms with E-state index >= 15 is 0 Å². The summed E-state index contributed by atoms with van der Waals surface area (Å²) in [5.74, 6) is 1.10. The largest absolute Gasteiger partial charge is 0.338 e. The third-order valence-electron chi connectivity index (χ3n) is 2.99. The number of imidazole rings is 1. The first-order chi connectivity index (χ1) is 7.33. The number of hydrogen-bond donors (Lipinski definition) is 1. The Morgan fingerprint density at radius 3 is 3.07 bits per heavy atom. The van der Waals surface area contributed by atoms with Gasteiger partial charge in [-0.3, -0.25) is 0 Å². The molecule has 2 rings (SSSR count). The highest BCUT2D eigenvalue weighted by Crippen LogP contribution is 2.17. The molecule has 1 saturated heterocycles. The minimum Gasteiger partial charge on any atom is -0.338 e. The fourth-order valence-electron chi connectivity index (χ4n) is 2.23. The molecule has 15 heavy (non-hydrogen) atoms. The average Bonchev–Trinajstić information content (AvgIpc) is 2.85. The van der Waals surface area contributed by atoms with Gasteiger partial charge in [0, 0.05) is 38.6 Å². The van der Waals surface area contributed by atoms with E-state index in [0.29, 0.717) is 6.04 Å². The van der Waals surface area contributed by atoms with Crippen LogP contribution in [-0.4, -0.2) is 35.2 Å². The fourth-order valence-corrected chi connectivity index (χ4v) is 2.23. The minimum atomic E-state index is 0.617. The lowest BCUT2D eigenvalue weighted by atomic mass is 10.2. The van der Waals surface area contributed by atoms with E-state index in [-0.39, 0.29) is 0 Å². The van der Waals surface area contributed by atoms with E-state index < -0.39 is 0 Å². The number of hydrogen-bond acceptors (Lipinski definition) is 3. The molecule has 0 aliphatic carbocycles. The second-order valence-electron chi connectivity index (χ2n) is 4.18. The summed E-state index contributed by atoms with van der Waals surface area (Å²) in [5, 5.41) is 3.41. The van der Waals surface area contributed by atoms with Gasteiger partial charge in [-0.1, -0.05) is 6.92 Å². The van der Waals surface area contributed by atoms with E-state index in [0.717, 1.165) is 25.6 Å². The molecule has 1 N–H and O–H groups in total. The molecule has 1 atom stereocenters. The molecule has 2 heterocycles. The van der Waals surface area contributed by atoms with Gasteiger partial charge in [0.15, 0.2) is 0 Å². The zero-order valence-corrected chi connectivity index (χ0v) is 9.61. The summed E-state index contributed by atoms with van der Waals surface area (Å²) in [5.41, 5.74) is 0. The first-order valence-electron chi connectivity index (χ1n) is 5.77. The quantitative estimate of drug-likeness (QED) is 0.801. The van der Waals surface area contributed by atoms with Crippen LogP contribution in [0.4, 0.5) is 5.95 Å². The first kappa shape index (κ1) is 10.5. The summed E-state index contributed by atoms with van der Waals surface area (Å²) in [4.78, 5) is 6.87. The molecule has 1 aliphatic rings. The van der Waals surface area contributed by atoms with Crippen LogP contribution in [0.1, 0.15) is 19.8 Å².